The Bertz CT molecular complexity index is 1550. The molecule has 5 rings (SSSR count). The molecule has 0 unspecified atom stereocenters. The van der Waals surface area contributed by atoms with Gasteiger partial charge in [0.25, 0.3) is 11.5 Å². The third-order valence-electron chi connectivity index (χ3n) is 6.22. The Morgan fingerprint density at radius 1 is 1.19 bits per heavy atom. The third-order valence-corrected chi connectivity index (χ3v) is 7.81. The first kappa shape index (κ1) is 24.8. The van der Waals surface area contributed by atoms with E-state index in [4.69, 9.17) is 17.3 Å². The summed E-state index contributed by atoms with van der Waals surface area (Å²) in [6.07, 6.45) is 5.38. The molecule has 1 saturated heterocycles. The SMILES string of the molecule is CC1CCN(c2cnc(Sc3cccc(NC(=O)c4c(O)nc5ccccn5c4=O)c3Cl)c(N)n2)CC1. The minimum absolute atomic E-state index is 0.220. The van der Waals surface area contributed by atoms with Gasteiger partial charge in [0.2, 0.25) is 5.88 Å². The number of anilines is 3. The lowest BCUT2D eigenvalue weighted by Crippen LogP contribution is -2.33. The third kappa shape index (κ3) is 5.05. The van der Waals surface area contributed by atoms with Crippen LogP contribution in [-0.4, -0.2) is 43.5 Å². The van der Waals surface area contributed by atoms with E-state index in [-0.39, 0.29) is 22.2 Å². The molecule has 3 aromatic heterocycles. The second kappa shape index (κ2) is 10.3. The first-order valence-corrected chi connectivity index (χ1v) is 12.9. The Morgan fingerprint density at radius 3 is 2.73 bits per heavy atom. The predicted octanol–water partition coefficient (Wildman–Crippen LogP) is 4.07. The normalized spacial score (nSPS) is 14.2. The van der Waals surface area contributed by atoms with Gasteiger partial charge in [0, 0.05) is 24.2 Å². The number of amides is 1. The van der Waals surface area contributed by atoms with Gasteiger partial charge in [-0.1, -0.05) is 42.4 Å². The lowest BCUT2D eigenvalue weighted by atomic mass is 9.99. The molecular formula is C25H24ClN7O3S. The van der Waals surface area contributed by atoms with Crippen molar-refractivity contribution in [3.8, 4) is 5.88 Å². The van der Waals surface area contributed by atoms with Gasteiger partial charge in [0.1, 0.15) is 16.5 Å². The van der Waals surface area contributed by atoms with E-state index in [1.165, 1.54) is 22.4 Å². The summed E-state index contributed by atoms with van der Waals surface area (Å²) < 4.78 is 1.18. The van der Waals surface area contributed by atoms with Crippen LogP contribution in [0.1, 0.15) is 30.1 Å². The maximum Gasteiger partial charge on any atom is 0.274 e. The standard InChI is InChI=1S/C25H24ClN7O3S/c1-14-8-11-32(12-9-14)18-13-28-24(21(27)30-18)37-16-6-4-5-15(20(16)26)29-22(34)19-23(35)31-17-7-2-3-10-33(17)25(19)36/h2-7,10,13-14,35H,8-9,11-12H2,1H3,(H2,27,30)(H,29,34). The van der Waals surface area contributed by atoms with Crippen LogP contribution < -0.4 is 21.5 Å². The van der Waals surface area contributed by atoms with Crippen LogP contribution in [-0.2, 0) is 0 Å². The molecule has 1 aliphatic heterocycles. The Labute approximate surface area is 221 Å². The van der Waals surface area contributed by atoms with Gasteiger partial charge >= 0.3 is 0 Å². The Morgan fingerprint density at radius 2 is 1.97 bits per heavy atom. The number of nitrogens with zero attached hydrogens (tertiary/aromatic N) is 5. The lowest BCUT2D eigenvalue weighted by Gasteiger charge is -2.31. The highest BCUT2D eigenvalue weighted by molar-refractivity contribution is 7.99. The van der Waals surface area contributed by atoms with Crippen molar-refractivity contribution >= 4 is 52.2 Å². The molecule has 4 N–H and O–H groups in total. The van der Waals surface area contributed by atoms with Crippen molar-refractivity contribution < 1.29 is 9.90 Å². The number of hydrogen-bond acceptors (Lipinski definition) is 9. The van der Waals surface area contributed by atoms with Crippen LogP contribution >= 0.6 is 23.4 Å². The molecule has 4 heterocycles. The van der Waals surface area contributed by atoms with Gasteiger partial charge in [0.05, 0.1) is 16.9 Å². The molecule has 1 fully saturated rings. The zero-order valence-corrected chi connectivity index (χ0v) is 21.5. The fourth-order valence-corrected chi connectivity index (χ4v) is 5.20. The second-order valence-electron chi connectivity index (χ2n) is 8.81. The van der Waals surface area contributed by atoms with Crippen LogP contribution in [0.15, 0.2) is 63.5 Å². The van der Waals surface area contributed by atoms with Gasteiger partial charge in [-0.2, -0.15) is 4.98 Å². The number of rotatable bonds is 5. The zero-order chi connectivity index (χ0) is 26.1. The van der Waals surface area contributed by atoms with Crippen LogP contribution in [0, 0.1) is 5.92 Å². The number of pyridine rings is 1. The van der Waals surface area contributed by atoms with E-state index in [1.807, 2.05) is 0 Å². The summed E-state index contributed by atoms with van der Waals surface area (Å²) in [4.78, 5) is 41.5. The highest BCUT2D eigenvalue weighted by Crippen LogP contribution is 2.39. The van der Waals surface area contributed by atoms with Crippen molar-refractivity contribution in [2.75, 3.05) is 29.0 Å². The average molecular weight is 538 g/mol. The molecule has 37 heavy (non-hydrogen) atoms. The predicted molar refractivity (Wildman–Crippen MR) is 144 cm³/mol. The minimum Gasteiger partial charge on any atom is -0.493 e. The van der Waals surface area contributed by atoms with E-state index in [0.29, 0.717) is 15.8 Å². The summed E-state index contributed by atoms with van der Waals surface area (Å²) >= 11 is 7.80. The van der Waals surface area contributed by atoms with Gasteiger partial charge in [-0.3, -0.25) is 14.0 Å². The van der Waals surface area contributed by atoms with Crippen molar-refractivity contribution in [2.45, 2.75) is 29.7 Å². The number of carbonyl (C=O) groups is 1. The number of aromatic hydroxyl groups is 1. The summed E-state index contributed by atoms with van der Waals surface area (Å²) in [7, 11) is 0. The fourth-order valence-electron chi connectivity index (χ4n) is 4.10. The molecule has 0 spiro atoms. The highest BCUT2D eigenvalue weighted by Gasteiger charge is 2.22. The van der Waals surface area contributed by atoms with Crippen LogP contribution in [0.25, 0.3) is 5.65 Å². The van der Waals surface area contributed by atoms with E-state index < -0.39 is 22.9 Å². The molecule has 0 radical (unpaired) electrons. The Hall–Kier alpha value is -3.83. The summed E-state index contributed by atoms with van der Waals surface area (Å²) in [5.41, 5.74) is 5.50. The molecular weight excluding hydrogens is 514 g/mol. The largest absolute Gasteiger partial charge is 0.493 e. The number of aromatic nitrogens is 4. The maximum atomic E-state index is 12.9. The summed E-state index contributed by atoms with van der Waals surface area (Å²) in [6, 6.07) is 9.89. The van der Waals surface area contributed by atoms with Crippen LogP contribution in [0.3, 0.4) is 0 Å². The number of piperidine rings is 1. The molecule has 190 valence electrons. The number of hydrogen-bond donors (Lipinski definition) is 3. The summed E-state index contributed by atoms with van der Waals surface area (Å²) in [5, 5.41) is 13.6. The molecule has 12 heteroatoms. The first-order chi connectivity index (χ1) is 17.8. The Kier molecular flexibility index (Phi) is 6.90. The molecule has 0 bridgehead atoms. The van der Waals surface area contributed by atoms with Gasteiger partial charge in [-0.15, -0.1) is 0 Å². The van der Waals surface area contributed by atoms with Crippen molar-refractivity contribution in [2.24, 2.45) is 5.92 Å². The summed E-state index contributed by atoms with van der Waals surface area (Å²) in [5.74, 6) is 0.230. The van der Waals surface area contributed by atoms with E-state index in [0.717, 1.165) is 31.7 Å². The molecule has 1 aliphatic rings. The number of benzene rings is 1. The zero-order valence-electron chi connectivity index (χ0n) is 19.9. The van der Waals surface area contributed by atoms with Crippen LogP contribution in [0.5, 0.6) is 5.88 Å². The topological polar surface area (TPSA) is 139 Å². The van der Waals surface area contributed by atoms with Crippen molar-refractivity contribution in [1.29, 1.82) is 0 Å². The van der Waals surface area contributed by atoms with Gasteiger partial charge in [-0.25, -0.2) is 9.97 Å². The van der Waals surface area contributed by atoms with Crippen LogP contribution in [0.4, 0.5) is 17.3 Å². The second-order valence-corrected chi connectivity index (χ2v) is 10.2. The maximum absolute atomic E-state index is 12.9. The quantitative estimate of drug-likeness (QED) is 0.344. The number of halogens is 1. The monoisotopic (exact) mass is 537 g/mol. The molecule has 1 amide bonds. The average Bonchev–Trinajstić information content (AvgIpc) is 2.88. The van der Waals surface area contributed by atoms with Gasteiger partial charge in [0.15, 0.2) is 11.4 Å². The molecule has 0 aliphatic carbocycles. The van der Waals surface area contributed by atoms with Crippen molar-refractivity contribution in [3.05, 3.63) is 69.7 Å². The van der Waals surface area contributed by atoms with Gasteiger partial charge < -0.3 is 21.1 Å². The number of nitrogens with one attached hydrogen (secondary N) is 1. The van der Waals surface area contributed by atoms with Crippen LogP contribution in [0.2, 0.25) is 5.02 Å². The lowest BCUT2D eigenvalue weighted by molar-refractivity contribution is 0.102. The van der Waals surface area contributed by atoms with E-state index in [1.54, 1.807) is 42.6 Å². The highest BCUT2D eigenvalue weighted by atomic mass is 35.5. The van der Waals surface area contributed by atoms with Crippen molar-refractivity contribution in [1.82, 2.24) is 19.4 Å². The number of fused-ring (bicyclic) bond motifs is 1. The first-order valence-electron chi connectivity index (χ1n) is 11.7. The molecule has 4 aromatic rings. The van der Waals surface area contributed by atoms with E-state index in [2.05, 4.69) is 32.1 Å². The van der Waals surface area contributed by atoms with E-state index >= 15 is 0 Å². The fraction of sp³-hybridized carbons (Fsp3) is 0.240. The minimum atomic E-state index is -0.836. The van der Waals surface area contributed by atoms with Gasteiger partial charge in [-0.05, 0) is 43.0 Å². The number of nitrogen functional groups attached to an aromatic ring is 1. The number of carbonyl (C=O) groups excluding carboxylic acids is 1. The Balaban J connectivity index is 1.37. The number of nitrogens with two attached hydrogens (primary N) is 1. The van der Waals surface area contributed by atoms with Crippen molar-refractivity contribution in [3.63, 3.8) is 0 Å². The molecule has 0 saturated carbocycles. The summed E-state index contributed by atoms with van der Waals surface area (Å²) in [6.45, 7) is 4.08. The molecule has 0 atom stereocenters. The molecule has 1 aromatic carbocycles. The molecule has 10 nitrogen and oxygen atoms in total. The smallest absolute Gasteiger partial charge is 0.274 e. The van der Waals surface area contributed by atoms with E-state index in [9.17, 15) is 14.7 Å².